The number of H-pyrrole nitrogens is 1. The van der Waals surface area contributed by atoms with Crippen LogP contribution in [0.2, 0.25) is 0 Å². The maximum atomic E-state index is 12.0. The van der Waals surface area contributed by atoms with Gasteiger partial charge in [0.1, 0.15) is 0 Å². The Morgan fingerprint density at radius 1 is 1.37 bits per heavy atom. The van der Waals surface area contributed by atoms with Gasteiger partial charge in [-0.15, -0.1) is 0 Å². The number of amides is 1. The lowest BCUT2D eigenvalue weighted by Crippen LogP contribution is -2.25. The topological polar surface area (TPSA) is 83.8 Å². The fourth-order valence-electron chi connectivity index (χ4n) is 2.04. The molecule has 0 bridgehead atoms. The van der Waals surface area contributed by atoms with Gasteiger partial charge in [-0.1, -0.05) is 26.2 Å². The minimum Gasteiger partial charge on any atom is -0.399 e. The van der Waals surface area contributed by atoms with Crippen molar-refractivity contribution >= 4 is 22.5 Å². The molecular formula is C14H20N4O. The molecule has 0 fully saturated rings. The zero-order valence-electron chi connectivity index (χ0n) is 11.2. The van der Waals surface area contributed by atoms with Crippen LogP contribution in [0.4, 0.5) is 5.69 Å². The fourth-order valence-corrected chi connectivity index (χ4v) is 2.04. The minimum absolute atomic E-state index is 0.145. The van der Waals surface area contributed by atoms with Crippen molar-refractivity contribution in [1.82, 2.24) is 15.5 Å². The number of hydrogen-bond acceptors (Lipinski definition) is 3. The summed E-state index contributed by atoms with van der Waals surface area (Å²) in [6.45, 7) is 2.86. The van der Waals surface area contributed by atoms with Crippen molar-refractivity contribution in [2.45, 2.75) is 32.6 Å². The molecule has 1 heterocycles. The number of aromatic nitrogens is 2. The molecule has 4 N–H and O–H groups in total. The number of aromatic amines is 1. The summed E-state index contributed by atoms with van der Waals surface area (Å²) < 4.78 is 0. The summed E-state index contributed by atoms with van der Waals surface area (Å²) in [5.74, 6) is -0.145. The van der Waals surface area contributed by atoms with Crippen molar-refractivity contribution < 1.29 is 4.79 Å². The average Bonchev–Trinajstić information content (AvgIpc) is 2.81. The average molecular weight is 260 g/mol. The second-order valence-electron chi connectivity index (χ2n) is 4.69. The lowest BCUT2D eigenvalue weighted by molar-refractivity contribution is 0.0949. The van der Waals surface area contributed by atoms with E-state index in [2.05, 4.69) is 22.4 Å². The number of nitrogens with two attached hydrogens (primary N) is 1. The normalized spacial score (nSPS) is 10.8. The molecule has 1 amide bonds. The Hall–Kier alpha value is -2.04. The van der Waals surface area contributed by atoms with Crippen molar-refractivity contribution in [3.05, 3.63) is 23.9 Å². The third-order valence-electron chi connectivity index (χ3n) is 3.12. The molecule has 5 nitrogen and oxygen atoms in total. The van der Waals surface area contributed by atoms with Gasteiger partial charge < -0.3 is 11.1 Å². The first kappa shape index (κ1) is 13.4. The van der Waals surface area contributed by atoms with E-state index in [0.29, 0.717) is 17.9 Å². The number of anilines is 1. The molecule has 0 spiro atoms. The number of nitrogen functional groups attached to an aromatic ring is 1. The van der Waals surface area contributed by atoms with Gasteiger partial charge in [0, 0.05) is 17.6 Å². The smallest absolute Gasteiger partial charge is 0.272 e. The standard InChI is InChI=1S/C14H20N4O/c1-2-3-4-5-8-16-14(19)13-11-9-10(15)6-7-12(11)17-18-13/h6-7,9H,2-5,8,15H2,1H3,(H,16,19)(H,17,18). The Kier molecular flexibility index (Phi) is 4.39. The molecular weight excluding hydrogens is 240 g/mol. The largest absolute Gasteiger partial charge is 0.399 e. The zero-order valence-corrected chi connectivity index (χ0v) is 11.2. The van der Waals surface area contributed by atoms with E-state index < -0.39 is 0 Å². The highest BCUT2D eigenvalue weighted by molar-refractivity contribution is 6.05. The minimum atomic E-state index is -0.145. The van der Waals surface area contributed by atoms with Crippen LogP contribution in [0.1, 0.15) is 43.1 Å². The van der Waals surface area contributed by atoms with Crippen molar-refractivity contribution in [3.63, 3.8) is 0 Å². The summed E-state index contributed by atoms with van der Waals surface area (Å²) in [6.07, 6.45) is 4.55. The van der Waals surface area contributed by atoms with E-state index in [4.69, 9.17) is 5.73 Å². The summed E-state index contributed by atoms with van der Waals surface area (Å²) in [5, 5.41) is 10.6. The van der Waals surface area contributed by atoms with Crippen molar-refractivity contribution in [1.29, 1.82) is 0 Å². The zero-order chi connectivity index (χ0) is 13.7. The van der Waals surface area contributed by atoms with Crippen LogP contribution in [0.15, 0.2) is 18.2 Å². The molecule has 0 saturated carbocycles. The Balaban J connectivity index is 1.99. The van der Waals surface area contributed by atoms with E-state index in [9.17, 15) is 4.79 Å². The van der Waals surface area contributed by atoms with Gasteiger partial charge in [-0.3, -0.25) is 9.89 Å². The van der Waals surface area contributed by atoms with Gasteiger partial charge in [0.05, 0.1) is 5.52 Å². The molecule has 19 heavy (non-hydrogen) atoms. The molecule has 0 aliphatic rings. The van der Waals surface area contributed by atoms with Crippen molar-refractivity contribution in [2.24, 2.45) is 0 Å². The van der Waals surface area contributed by atoms with E-state index in [1.165, 1.54) is 12.8 Å². The van der Waals surface area contributed by atoms with Crippen molar-refractivity contribution in [3.8, 4) is 0 Å². The maximum absolute atomic E-state index is 12.0. The number of hydrogen-bond donors (Lipinski definition) is 3. The SMILES string of the molecule is CCCCCCNC(=O)c1n[nH]c2ccc(N)cc12. The Labute approximate surface area is 112 Å². The summed E-state index contributed by atoms with van der Waals surface area (Å²) in [4.78, 5) is 12.0. The molecule has 0 aliphatic carbocycles. The number of fused-ring (bicyclic) bond motifs is 1. The first-order valence-electron chi connectivity index (χ1n) is 6.74. The summed E-state index contributed by atoms with van der Waals surface area (Å²) in [5.41, 5.74) is 7.60. The second kappa shape index (κ2) is 6.22. The van der Waals surface area contributed by atoms with Crippen LogP contribution < -0.4 is 11.1 Å². The van der Waals surface area contributed by atoms with E-state index >= 15 is 0 Å². The molecule has 0 saturated heterocycles. The van der Waals surface area contributed by atoms with Gasteiger partial charge in [0.15, 0.2) is 5.69 Å². The predicted octanol–water partition coefficient (Wildman–Crippen LogP) is 2.46. The van der Waals surface area contributed by atoms with Crippen LogP contribution in [-0.2, 0) is 0 Å². The molecule has 1 aromatic carbocycles. The Morgan fingerprint density at radius 2 is 2.21 bits per heavy atom. The molecule has 0 unspecified atom stereocenters. The lowest BCUT2D eigenvalue weighted by Gasteiger charge is -2.03. The van der Waals surface area contributed by atoms with Gasteiger partial charge in [-0.2, -0.15) is 5.10 Å². The van der Waals surface area contributed by atoms with Crippen LogP contribution in [0.3, 0.4) is 0 Å². The number of nitrogens with zero attached hydrogens (tertiary/aromatic N) is 1. The van der Waals surface area contributed by atoms with E-state index in [1.807, 2.05) is 6.07 Å². The van der Waals surface area contributed by atoms with Crippen LogP contribution in [0.25, 0.3) is 10.9 Å². The highest BCUT2D eigenvalue weighted by Crippen LogP contribution is 2.18. The quantitative estimate of drug-likeness (QED) is 0.551. The van der Waals surface area contributed by atoms with Gasteiger partial charge in [0.2, 0.25) is 0 Å². The summed E-state index contributed by atoms with van der Waals surface area (Å²) in [6, 6.07) is 5.38. The number of nitrogens with one attached hydrogen (secondary N) is 2. The highest BCUT2D eigenvalue weighted by atomic mass is 16.1. The van der Waals surface area contributed by atoms with E-state index in [-0.39, 0.29) is 5.91 Å². The number of carbonyl (C=O) groups excluding carboxylic acids is 1. The first-order valence-corrected chi connectivity index (χ1v) is 6.74. The molecule has 0 atom stereocenters. The summed E-state index contributed by atoms with van der Waals surface area (Å²) in [7, 11) is 0. The molecule has 1 aromatic heterocycles. The predicted molar refractivity (Wildman–Crippen MR) is 77.0 cm³/mol. The Morgan fingerprint density at radius 3 is 3.00 bits per heavy atom. The number of carbonyl (C=O) groups is 1. The number of rotatable bonds is 6. The van der Waals surface area contributed by atoms with E-state index in [1.54, 1.807) is 12.1 Å². The Bertz CT molecular complexity index is 562. The highest BCUT2D eigenvalue weighted by Gasteiger charge is 2.13. The van der Waals surface area contributed by atoms with Crippen molar-refractivity contribution in [2.75, 3.05) is 12.3 Å². The third kappa shape index (κ3) is 3.24. The number of unbranched alkanes of at least 4 members (excludes halogenated alkanes) is 3. The third-order valence-corrected chi connectivity index (χ3v) is 3.12. The molecule has 102 valence electrons. The van der Waals surface area contributed by atoms with Gasteiger partial charge >= 0.3 is 0 Å². The van der Waals surface area contributed by atoms with Crippen LogP contribution >= 0.6 is 0 Å². The van der Waals surface area contributed by atoms with E-state index in [0.717, 1.165) is 23.7 Å². The molecule has 0 aliphatic heterocycles. The monoisotopic (exact) mass is 260 g/mol. The molecule has 5 heteroatoms. The van der Waals surface area contributed by atoms with Gasteiger partial charge in [0.25, 0.3) is 5.91 Å². The molecule has 0 radical (unpaired) electrons. The van der Waals surface area contributed by atoms with Gasteiger partial charge in [-0.05, 0) is 24.6 Å². The first-order chi connectivity index (χ1) is 9.22. The van der Waals surface area contributed by atoms with Gasteiger partial charge in [-0.25, -0.2) is 0 Å². The molecule has 2 aromatic rings. The summed E-state index contributed by atoms with van der Waals surface area (Å²) >= 11 is 0. The van der Waals surface area contributed by atoms with Crippen LogP contribution in [-0.4, -0.2) is 22.6 Å². The van der Waals surface area contributed by atoms with Crippen LogP contribution in [0.5, 0.6) is 0 Å². The molecule has 2 rings (SSSR count). The fraction of sp³-hybridized carbons (Fsp3) is 0.429. The maximum Gasteiger partial charge on any atom is 0.272 e. The number of benzene rings is 1. The lowest BCUT2D eigenvalue weighted by atomic mass is 10.1. The van der Waals surface area contributed by atoms with Crippen LogP contribution in [0, 0.1) is 0 Å². The second-order valence-corrected chi connectivity index (χ2v) is 4.69.